The van der Waals surface area contributed by atoms with Crippen LogP contribution >= 0.6 is 69.4 Å². The number of oxime groups is 2. The van der Waals surface area contributed by atoms with Crippen molar-refractivity contribution in [1.82, 2.24) is 10.6 Å². The predicted octanol–water partition coefficient (Wildman–Crippen LogP) is 5.11. The maximum atomic E-state index is 12.9. The SMILES string of the molecule is O=C(O)C1=Cc2cc(Br)c(OS(=O)(=O)O)c(c2)-c2cc(cc(Br)c2O)C/C(=N\O)C(=O)NCCSSCCNC(=O)/C(=N/O)Cc2cc(Br)c(O)c(c2)O1. The lowest BCUT2D eigenvalue weighted by molar-refractivity contribution is -0.135. The van der Waals surface area contributed by atoms with Crippen molar-refractivity contribution >= 4 is 115 Å². The van der Waals surface area contributed by atoms with E-state index in [2.05, 4.69) is 68.7 Å². The number of aromatic hydroxyl groups is 2. The molecule has 1 aliphatic rings. The number of hydrogen-bond acceptors (Lipinski definition) is 15. The third-order valence-corrected chi connectivity index (χ3v) is 11.6. The average Bonchev–Trinajstić information content (AvgIpc) is 3.10. The van der Waals surface area contributed by atoms with Gasteiger partial charge in [0.05, 0.1) is 13.4 Å². The molecule has 288 valence electrons. The van der Waals surface area contributed by atoms with Gasteiger partial charge in [0.2, 0.25) is 5.76 Å². The second-order valence-electron chi connectivity index (χ2n) is 10.8. The van der Waals surface area contributed by atoms with Crippen LogP contribution in [0.4, 0.5) is 0 Å². The van der Waals surface area contributed by atoms with Gasteiger partial charge < -0.3 is 45.3 Å². The van der Waals surface area contributed by atoms with E-state index in [1.807, 2.05) is 0 Å². The quantitative estimate of drug-likeness (QED) is 0.0733. The molecule has 0 unspecified atom stereocenters. The normalized spacial score (nSPS) is 16.9. The number of carboxylic acids is 1. The Balaban J connectivity index is 1.91. The number of rotatable bonds is 3. The number of carboxylic acid groups (broad SMARTS) is 1. The van der Waals surface area contributed by atoms with Crippen molar-refractivity contribution in [1.29, 1.82) is 0 Å². The fourth-order valence-electron chi connectivity index (χ4n) is 4.71. The molecular formula is C31H27Br3N4O13S3. The minimum absolute atomic E-state index is 0.00608. The minimum atomic E-state index is -5.18. The van der Waals surface area contributed by atoms with Crippen molar-refractivity contribution in [3.63, 3.8) is 0 Å². The summed E-state index contributed by atoms with van der Waals surface area (Å²) in [6.45, 7) is 0.360. The third-order valence-electron chi connectivity index (χ3n) is 7.02. The van der Waals surface area contributed by atoms with Crippen molar-refractivity contribution in [3.05, 3.63) is 72.3 Å². The molecule has 8 N–H and O–H groups in total. The number of fused-ring (bicyclic) bond motifs is 7. The fraction of sp³-hybridized carbons (Fsp3) is 0.194. The summed E-state index contributed by atoms with van der Waals surface area (Å²) < 4.78 is 43.8. The van der Waals surface area contributed by atoms with Crippen LogP contribution in [-0.2, 0) is 37.6 Å². The zero-order chi connectivity index (χ0) is 39.7. The highest BCUT2D eigenvalue weighted by atomic mass is 79.9. The first-order valence-corrected chi connectivity index (χ1v) is 21.1. The van der Waals surface area contributed by atoms with E-state index >= 15 is 0 Å². The monoisotopic (exact) mass is 996 g/mol. The fourth-order valence-corrected chi connectivity index (χ4v) is 8.57. The van der Waals surface area contributed by atoms with Gasteiger partial charge in [-0.15, -0.1) is 0 Å². The second kappa shape index (κ2) is 19.0. The summed E-state index contributed by atoms with van der Waals surface area (Å²) in [4.78, 5) is 38.1. The number of hydrogen-bond donors (Lipinski definition) is 8. The number of nitrogens with zero attached hydrogens (tertiary/aromatic N) is 2. The number of phenols is 2. The summed E-state index contributed by atoms with van der Waals surface area (Å²) in [6.07, 6.45) is 0.423. The van der Waals surface area contributed by atoms with Crippen LogP contribution in [0.1, 0.15) is 16.7 Å². The molecule has 0 fully saturated rings. The standard InChI is InChI=1S/C31H27Br3N4O13S3/c32-19-7-14-5-17(26(19)39)18-6-15(9-21(34)28(18)51-54(47,48)49)13-25(31(43)44)50-24-12-16(8-20(33)27(24)40)11-23(38-46)30(42)36-2-4-53-52-3-1-35-29(41)22(10-14)37-45/h5-9,12-13,39-40,45-46H,1-4,10-11H2,(H,35,41)(H,36,42)(H,43,44)(H,47,48,49)/b25-13?,37-22+,38-23+. The summed E-state index contributed by atoms with van der Waals surface area (Å²) in [7, 11) is -2.41. The van der Waals surface area contributed by atoms with Crippen molar-refractivity contribution in [2.24, 2.45) is 10.3 Å². The predicted molar refractivity (Wildman–Crippen MR) is 210 cm³/mol. The summed E-state index contributed by atoms with van der Waals surface area (Å²) in [5, 5.41) is 62.7. The summed E-state index contributed by atoms with van der Waals surface area (Å²) in [5.41, 5.74) is -0.459. The van der Waals surface area contributed by atoms with Gasteiger partial charge in [0.1, 0.15) is 17.2 Å². The Labute approximate surface area is 339 Å². The molecule has 0 aliphatic carbocycles. The number of amides is 2. The number of benzene rings is 3. The molecule has 0 atom stereocenters. The molecule has 23 heteroatoms. The molecule has 0 spiro atoms. The highest BCUT2D eigenvalue weighted by molar-refractivity contribution is 9.11. The van der Waals surface area contributed by atoms with E-state index in [0.717, 1.165) is 6.08 Å². The molecule has 3 aromatic rings. The highest BCUT2D eigenvalue weighted by Crippen LogP contribution is 2.45. The Morgan fingerprint density at radius 2 is 1.33 bits per heavy atom. The molecule has 17 nitrogen and oxygen atoms in total. The number of ether oxygens (including phenoxy) is 1. The van der Waals surface area contributed by atoms with E-state index in [1.165, 1.54) is 58.0 Å². The van der Waals surface area contributed by atoms with Crippen LogP contribution in [0.25, 0.3) is 17.2 Å². The lowest BCUT2D eigenvalue weighted by Gasteiger charge is -2.16. The van der Waals surface area contributed by atoms with E-state index in [-0.39, 0.29) is 84.3 Å². The molecular weight excluding hydrogens is 972 g/mol. The summed E-state index contributed by atoms with van der Waals surface area (Å²) >= 11 is 9.55. The van der Waals surface area contributed by atoms with Crippen LogP contribution in [0.5, 0.6) is 23.0 Å². The first kappa shape index (κ1) is 42.7. The van der Waals surface area contributed by atoms with Gasteiger partial charge in [0.15, 0.2) is 17.2 Å². The molecule has 6 bridgehead atoms. The van der Waals surface area contributed by atoms with E-state index in [4.69, 9.17) is 8.92 Å². The van der Waals surface area contributed by atoms with Crippen LogP contribution < -0.4 is 19.6 Å². The van der Waals surface area contributed by atoms with E-state index in [1.54, 1.807) is 0 Å². The molecule has 0 saturated carbocycles. The number of nitrogens with one attached hydrogen (secondary N) is 2. The molecule has 0 radical (unpaired) electrons. The highest BCUT2D eigenvalue weighted by Gasteiger charge is 2.25. The van der Waals surface area contributed by atoms with E-state index < -0.39 is 51.2 Å². The Bertz CT molecular complexity index is 2180. The molecule has 4 rings (SSSR count). The van der Waals surface area contributed by atoms with Crippen LogP contribution in [0.2, 0.25) is 0 Å². The van der Waals surface area contributed by atoms with Crippen molar-refractivity contribution < 1.29 is 62.0 Å². The summed E-state index contributed by atoms with van der Waals surface area (Å²) in [5.74, 6) is -4.87. The topological polar surface area (TPSA) is 274 Å². The Hall–Kier alpha value is -4.00. The van der Waals surface area contributed by atoms with Gasteiger partial charge >= 0.3 is 16.4 Å². The molecule has 54 heavy (non-hydrogen) atoms. The average molecular weight is 999 g/mol. The second-order valence-corrected chi connectivity index (χ2v) is 17.1. The van der Waals surface area contributed by atoms with Gasteiger partial charge in [-0.25, -0.2) is 4.79 Å². The third kappa shape index (κ3) is 11.5. The van der Waals surface area contributed by atoms with Crippen molar-refractivity contribution in [3.8, 4) is 34.1 Å². The van der Waals surface area contributed by atoms with Crippen LogP contribution in [0.15, 0.2) is 65.9 Å². The zero-order valence-corrected chi connectivity index (χ0v) is 34.3. The number of phenolic OH excluding ortho intramolecular Hbond substituents is 2. The molecule has 2 amide bonds. The number of aliphatic carboxylic acids is 1. The smallest absolute Gasteiger partial charge is 0.446 e. The largest absolute Gasteiger partial charge is 0.506 e. The van der Waals surface area contributed by atoms with E-state index in [9.17, 15) is 53.1 Å². The minimum Gasteiger partial charge on any atom is -0.506 e. The Morgan fingerprint density at radius 1 is 0.796 bits per heavy atom. The van der Waals surface area contributed by atoms with Gasteiger partial charge in [-0.3, -0.25) is 14.1 Å². The Kier molecular flexibility index (Phi) is 15.1. The number of carbonyl (C=O) groups is 3. The molecule has 1 aliphatic heterocycles. The summed E-state index contributed by atoms with van der Waals surface area (Å²) in [6, 6.07) is 7.73. The van der Waals surface area contributed by atoms with Crippen molar-refractivity contribution in [2.75, 3.05) is 24.6 Å². The van der Waals surface area contributed by atoms with Gasteiger partial charge in [-0.05, 0) is 107 Å². The number of carbonyl (C=O) groups excluding carboxylic acids is 2. The number of halogens is 3. The van der Waals surface area contributed by atoms with Crippen LogP contribution in [0, 0.1) is 0 Å². The van der Waals surface area contributed by atoms with Gasteiger partial charge in [0, 0.05) is 48.6 Å². The van der Waals surface area contributed by atoms with Gasteiger partial charge in [-0.2, -0.15) is 8.42 Å². The van der Waals surface area contributed by atoms with Crippen molar-refractivity contribution in [2.45, 2.75) is 12.8 Å². The molecule has 1 heterocycles. The van der Waals surface area contributed by atoms with E-state index in [0.29, 0.717) is 11.5 Å². The lowest BCUT2D eigenvalue weighted by Crippen LogP contribution is -2.34. The Morgan fingerprint density at radius 3 is 1.85 bits per heavy atom. The molecule has 0 aromatic heterocycles. The van der Waals surface area contributed by atoms with Gasteiger partial charge in [-0.1, -0.05) is 31.9 Å². The maximum absolute atomic E-state index is 12.9. The van der Waals surface area contributed by atoms with Gasteiger partial charge in [0.25, 0.3) is 11.8 Å². The maximum Gasteiger partial charge on any atom is 0.446 e. The first-order valence-electron chi connectivity index (χ1n) is 14.9. The first-order chi connectivity index (χ1) is 25.5. The molecule has 3 aromatic carbocycles. The lowest BCUT2D eigenvalue weighted by atomic mass is 9.97. The molecule has 0 saturated heterocycles. The zero-order valence-electron chi connectivity index (χ0n) is 27.1. The van der Waals surface area contributed by atoms with Crippen LogP contribution in [0.3, 0.4) is 0 Å². The van der Waals surface area contributed by atoms with Crippen LogP contribution in [-0.4, -0.2) is 92.5 Å².